The molecule has 0 aromatic carbocycles. The van der Waals surface area contributed by atoms with Gasteiger partial charge in [-0.3, -0.25) is 9.78 Å². The first-order valence-corrected chi connectivity index (χ1v) is 4.12. The largest absolute Gasteiger partial charge is 0.369 e. The summed E-state index contributed by atoms with van der Waals surface area (Å²) in [6.07, 6.45) is 3.44. The SMILES string of the molecule is C[C@@H](NCC(N)=O)c1ccncc1. The lowest BCUT2D eigenvalue weighted by Gasteiger charge is -2.11. The number of carbonyl (C=O) groups excluding carboxylic acids is 1. The predicted octanol–water partition coefficient (Wildman–Crippen LogP) is 0.217. The van der Waals surface area contributed by atoms with Crippen LogP contribution in [0.15, 0.2) is 24.5 Å². The monoisotopic (exact) mass is 179 g/mol. The van der Waals surface area contributed by atoms with E-state index in [0.717, 1.165) is 5.56 Å². The summed E-state index contributed by atoms with van der Waals surface area (Å²) in [4.78, 5) is 14.4. The number of primary amides is 1. The molecular weight excluding hydrogens is 166 g/mol. The highest BCUT2D eigenvalue weighted by atomic mass is 16.1. The van der Waals surface area contributed by atoms with Gasteiger partial charge in [-0.1, -0.05) is 0 Å². The minimum absolute atomic E-state index is 0.121. The van der Waals surface area contributed by atoms with E-state index in [1.54, 1.807) is 12.4 Å². The first-order valence-electron chi connectivity index (χ1n) is 4.12. The van der Waals surface area contributed by atoms with Gasteiger partial charge in [0.05, 0.1) is 6.54 Å². The van der Waals surface area contributed by atoms with E-state index in [2.05, 4.69) is 10.3 Å². The maximum atomic E-state index is 10.5. The maximum absolute atomic E-state index is 10.5. The summed E-state index contributed by atoms with van der Waals surface area (Å²) in [5, 5.41) is 3.00. The van der Waals surface area contributed by atoms with Gasteiger partial charge in [0.1, 0.15) is 0 Å². The van der Waals surface area contributed by atoms with E-state index >= 15 is 0 Å². The van der Waals surface area contributed by atoms with Crippen LogP contribution in [-0.2, 0) is 4.79 Å². The van der Waals surface area contributed by atoms with E-state index in [0.29, 0.717) is 0 Å². The fourth-order valence-corrected chi connectivity index (χ4v) is 1.02. The summed E-state index contributed by atoms with van der Waals surface area (Å²) < 4.78 is 0. The van der Waals surface area contributed by atoms with E-state index in [-0.39, 0.29) is 18.5 Å². The third-order valence-corrected chi connectivity index (χ3v) is 1.79. The molecule has 0 aliphatic carbocycles. The predicted molar refractivity (Wildman–Crippen MR) is 49.8 cm³/mol. The second kappa shape index (κ2) is 4.57. The van der Waals surface area contributed by atoms with Gasteiger partial charge >= 0.3 is 0 Å². The summed E-state index contributed by atoms with van der Waals surface area (Å²) in [6, 6.07) is 3.92. The molecule has 0 fully saturated rings. The second-order valence-corrected chi connectivity index (χ2v) is 2.85. The fraction of sp³-hybridized carbons (Fsp3) is 0.333. The lowest BCUT2D eigenvalue weighted by atomic mass is 10.1. The average Bonchev–Trinajstić information content (AvgIpc) is 2.15. The molecule has 0 aliphatic heterocycles. The molecule has 0 radical (unpaired) electrons. The van der Waals surface area contributed by atoms with Crippen LogP contribution < -0.4 is 11.1 Å². The van der Waals surface area contributed by atoms with Crippen LogP contribution in [-0.4, -0.2) is 17.4 Å². The number of nitrogens with two attached hydrogens (primary N) is 1. The molecule has 4 nitrogen and oxygen atoms in total. The Labute approximate surface area is 77.2 Å². The van der Waals surface area contributed by atoms with Crippen molar-refractivity contribution < 1.29 is 4.79 Å². The van der Waals surface area contributed by atoms with Crippen molar-refractivity contribution in [1.82, 2.24) is 10.3 Å². The summed E-state index contributed by atoms with van der Waals surface area (Å²) in [5.41, 5.74) is 6.10. The highest BCUT2D eigenvalue weighted by Crippen LogP contribution is 2.08. The van der Waals surface area contributed by atoms with Crippen LogP contribution in [0.2, 0.25) is 0 Å². The number of nitrogens with zero attached hydrogens (tertiary/aromatic N) is 1. The molecule has 1 heterocycles. The van der Waals surface area contributed by atoms with Crippen LogP contribution in [0, 0.1) is 0 Å². The quantitative estimate of drug-likeness (QED) is 0.694. The minimum atomic E-state index is -0.346. The zero-order chi connectivity index (χ0) is 9.68. The maximum Gasteiger partial charge on any atom is 0.231 e. The number of carbonyl (C=O) groups is 1. The molecule has 0 unspecified atom stereocenters. The Morgan fingerprint density at radius 3 is 2.77 bits per heavy atom. The Morgan fingerprint density at radius 2 is 2.23 bits per heavy atom. The highest BCUT2D eigenvalue weighted by Gasteiger charge is 2.04. The van der Waals surface area contributed by atoms with Gasteiger partial charge in [0.2, 0.25) is 5.91 Å². The van der Waals surface area contributed by atoms with Crippen molar-refractivity contribution in [2.75, 3.05) is 6.54 Å². The molecule has 70 valence electrons. The number of amides is 1. The summed E-state index contributed by atoms with van der Waals surface area (Å²) >= 11 is 0. The lowest BCUT2D eigenvalue weighted by molar-refractivity contribution is -0.117. The first-order chi connectivity index (χ1) is 6.20. The number of rotatable bonds is 4. The molecule has 0 bridgehead atoms. The third kappa shape index (κ3) is 3.21. The van der Waals surface area contributed by atoms with E-state index < -0.39 is 0 Å². The van der Waals surface area contributed by atoms with Crippen molar-refractivity contribution in [3.05, 3.63) is 30.1 Å². The molecule has 3 N–H and O–H groups in total. The van der Waals surface area contributed by atoms with E-state index in [9.17, 15) is 4.79 Å². The van der Waals surface area contributed by atoms with Crippen molar-refractivity contribution in [2.45, 2.75) is 13.0 Å². The Morgan fingerprint density at radius 1 is 1.62 bits per heavy atom. The van der Waals surface area contributed by atoms with Gasteiger partial charge in [-0.2, -0.15) is 0 Å². The van der Waals surface area contributed by atoms with Gasteiger partial charge in [0, 0.05) is 18.4 Å². The van der Waals surface area contributed by atoms with Crippen molar-refractivity contribution in [3.63, 3.8) is 0 Å². The molecule has 1 amide bonds. The molecule has 1 atom stereocenters. The van der Waals surface area contributed by atoms with Crippen LogP contribution in [0.25, 0.3) is 0 Å². The zero-order valence-electron chi connectivity index (χ0n) is 7.53. The van der Waals surface area contributed by atoms with Crippen molar-refractivity contribution in [1.29, 1.82) is 0 Å². The molecule has 0 saturated carbocycles. The highest BCUT2D eigenvalue weighted by molar-refractivity contribution is 5.75. The normalized spacial score (nSPS) is 12.4. The summed E-state index contributed by atoms with van der Waals surface area (Å²) in [7, 11) is 0. The molecular formula is C9H13N3O. The Kier molecular flexibility index (Phi) is 3.40. The third-order valence-electron chi connectivity index (χ3n) is 1.79. The van der Waals surface area contributed by atoms with Crippen molar-refractivity contribution >= 4 is 5.91 Å². The smallest absolute Gasteiger partial charge is 0.231 e. The first kappa shape index (κ1) is 9.67. The minimum Gasteiger partial charge on any atom is -0.369 e. The Bertz CT molecular complexity index is 273. The number of pyridine rings is 1. The van der Waals surface area contributed by atoms with Gasteiger partial charge < -0.3 is 11.1 Å². The molecule has 1 aromatic heterocycles. The number of nitrogens with one attached hydrogen (secondary N) is 1. The van der Waals surface area contributed by atoms with Crippen LogP contribution >= 0.6 is 0 Å². The molecule has 1 aromatic rings. The van der Waals surface area contributed by atoms with Crippen molar-refractivity contribution in [2.24, 2.45) is 5.73 Å². The molecule has 0 spiro atoms. The molecule has 0 aliphatic rings. The molecule has 1 rings (SSSR count). The molecule has 13 heavy (non-hydrogen) atoms. The zero-order valence-corrected chi connectivity index (χ0v) is 7.53. The van der Waals surface area contributed by atoms with Gasteiger partial charge in [-0.25, -0.2) is 0 Å². The van der Waals surface area contributed by atoms with Crippen LogP contribution in [0.3, 0.4) is 0 Å². The van der Waals surface area contributed by atoms with E-state index in [1.807, 2.05) is 19.1 Å². The van der Waals surface area contributed by atoms with E-state index in [1.165, 1.54) is 0 Å². The Hall–Kier alpha value is -1.42. The summed E-state index contributed by atoms with van der Waals surface area (Å²) in [5.74, 6) is -0.346. The number of hydrogen-bond acceptors (Lipinski definition) is 3. The number of hydrogen-bond donors (Lipinski definition) is 2. The second-order valence-electron chi connectivity index (χ2n) is 2.85. The van der Waals surface area contributed by atoms with Crippen LogP contribution in [0.1, 0.15) is 18.5 Å². The topological polar surface area (TPSA) is 68.0 Å². The van der Waals surface area contributed by atoms with Crippen LogP contribution in [0.5, 0.6) is 0 Å². The Balaban J connectivity index is 2.49. The van der Waals surface area contributed by atoms with Crippen molar-refractivity contribution in [3.8, 4) is 0 Å². The van der Waals surface area contributed by atoms with E-state index in [4.69, 9.17) is 5.73 Å². The lowest BCUT2D eigenvalue weighted by Crippen LogP contribution is -2.30. The average molecular weight is 179 g/mol. The summed E-state index contributed by atoms with van der Waals surface area (Å²) in [6.45, 7) is 2.17. The molecule has 4 heteroatoms. The van der Waals surface area contributed by atoms with Crippen LogP contribution in [0.4, 0.5) is 0 Å². The molecule has 0 saturated heterocycles. The standard InChI is InChI=1S/C9H13N3O/c1-7(12-6-9(10)13)8-2-4-11-5-3-8/h2-5,7,12H,6H2,1H3,(H2,10,13)/t7-/m1/s1. The number of aromatic nitrogens is 1. The van der Waals surface area contributed by atoms with Gasteiger partial charge in [0.25, 0.3) is 0 Å². The van der Waals surface area contributed by atoms with Gasteiger partial charge in [-0.15, -0.1) is 0 Å². The van der Waals surface area contributed by atoms with Gasteiger partial charge in [0.15, 0.2) is 0 Å². The van der Waals surface area contributed by atoms with Gasteiger partial charge in [-0.05, 0) is 24.6 Å². The fourth-order valence-electron chi connectivity index (χ4n) is 1.02.